The lowest BCUT2D eigenvalue weighted by molar-refractivity contribution is 0.107. The maximum Gasteiger partial charge on any atom is 0.0700 e. The van der Waals surface area contributed by atoms with Crippen LogP contribution in [0, 0.1) is 0 Å². The van der Waals surface area contributed by atoms with Crippen molar-refractivity contribution in [2.75, 3.05) is 13.2 Å². The van der Waals surface area contributed by atoms with Crippen molar-refractivity contribution in [2.45, 2.75) is 50.7 Å². The van der Waals surface area contributed by atoms with Crippen molar-refractivity contribution >= 4 is 0 Å². The normalized spacial score (nSPS) is 31.5. The van der Waals surface area contributed by atoms with Gasteiger partial charge in [0, 0.05) is 19.2 Å². The maximum atomic E-state index is 5.55. The van der Waals surface area contributed by atoms with E-state index in [1.165, 1.54) is 38.5 Å². The third-order valence-electron chi connectivity index (χ3n) is 3.01. The van der Waals surface area contributed by atoms with Crippen LogP contribution in [0.1, 0.15) is 38.5 Å². The van der Waals surface area contributed by atoms with Gasteiger partial charge in [-0.15, -0.1) is 0 Å². The average molecular weight is 169 g/mol. The Hall–Kier alpha value is -0.0800. The van der Waals surface area contributed by atoms with E-state index < -0.39 is 0 Å². The summed E-state index contributed by atoms with van der Waals surface area (Å²) >= 11 is 0. The van der Waals surface area contributed by atoms with Gasteiger partial charge in [-0.25, -0.2) is 0 Å². The number of rotatable bonds is 3. The highest BCUT2D eigenvalue weighted by molar-refractivity contribution is 4.76. The highest BCUT2D eigenvalue weighted by atomic mass is 16.5. The molecule has 0 aromatic rings. The van der Waals surface area contributed by atoms with Crippen molar-refractivity contribution in [2.24, 2.45) is 0 Å². The lowest BCUT2D eigenvalue weighted by atomic mass is 10.2. The van der Waals surface area contributed by atoms with Gasteiger partial charge in [-0.1, -0.05) is 12.8 Å². The van der Waals surface area contributed by atoms with Gasteiger partial charge in [-0.3, -0.25) is 0 Å². The van der Waals surface area contributed by atoms with Gasteiger partial charge in [0.15, 0.2) is 0 Å². The largest absolute Gasteiger partial charge is 0.377 e. The minimum absolute atomic E-state index is 0.519. The summed E-state index contributed by atoms with van der Waals surface area (Å²) in [5, 5.41) is 3.60. The first-order chi connectivity index (χ1) is 5.95. The van der Waals surface area contributed by atoms with Crippen LogP contribution in [0.3, 0.4) is 0 Å². The fraction of sp³-hybridized carbons (Fsp3) is 1.00. The maximum absolute atomic E-state index is 5.55. The number of ether oxygens (including phenoxy) is 1. The fourth-order valence-electron chi connectivity index (χ4n) is 2.23. The lowest BCUT2D eigenvalue weighted by Gasteiger charge is -2.15. The van der Waals surface area contributed by atoms with Crippen molar-refractivity contribution in [3.05, 3.63) is 0 Å². The van der Waals surface area contributed by atoms with E-state index in [2.05, 4.69) is 5.32 Å². The van der Waals surface area contributed by atoms with Gasteiger partial charge in [-0.05, 0) is 25.7 Å². The van der Waals surface area contributed by atoms with E-state index in [0.29, 0.717) is 6.10 Å². The third kappa shape index (κ3) is 2.20. The van der Waals surface area contributed by atoms with Gasteiger partial charge in [-0.2, -0.15) is 0 Å². The summed E-state index contributed by atoms with van der Waals surface area (Å²) in [6.07, 6.45) is 8.65. The summed E-state index contributed by atoms with van der Waals surface area (Å²) in [5.74, 6) is 0. The second-order valence-corrected chi connectivity index (χ2v) is 4.02. The summed E-state index contributed by atoms with van der Waals surface area (Å²) in [7, 11) is 0. The van der Waals surface area contributed by atoms with Crippen molar-refractivity contribution in [1.82, 2.24) is 5.32 Å². The molecule has 70 valence electrons. The molecule has 1 saturated carbocycles. The molecule has 0 aromatic heterocycles. The molecule has 2 aliphatic rings. The molecule has 0 radical (unpaired) electrons. The van der Waals surface area contributed by atoms with E-state index in [1.54, 1.807) is 0 Å². The fourth-order valence-corrected chi connectivity index (χ4v) is 2.23. The first-order valence-electron chi connectivity index (χ1n) is 5.30. The third-order valence-corrected chi connectivity index (χ3v) is 3.01. The molecule has 1 heterocycles. The monoisotopic (exact) mass is 169 g/mol. The highest BCUT2D eigenvalue weighted by Crippen LogP contribution is 2.18. The molecule has 2 nitrogen and oxygen atoms in total. The zero-order chi connectivity index (χ0) is 8.23. The van der Waals surface area contributed by atoms with Crippen molar-refractivity contribution < 1.29 is 4.74 Å². The number of hydrogen-bond donors (Lipinski definition) is 1. The van der Waals surface area contributed by atoms with Crippen LogP contribution >= 0.6 is 0 Å². The van der Waals surface area contributed by atoms with Gasteiger partial charge in [0.25, 0.3) is 0 Å². The Labute approximate surface area is 74.7 Å². The van der Waals surface area contributed by atoms with Crippen LogP contribution < -0.4 is 5.32 Å². The Morgan fingerprint density at radius 2 is 1.92 bits per heavy atom. The molecule has 1 saturated heterocycles. The summed E-state index contributed by atoms with van der Waals surface area (Å²) < 4.78 is 5.55. The SMILES string of the molecule is C1CCC(NC[C@H]2CCCO2)C1. The van der Waals surface area contributed by atoms with Gasteiger partial charge < -0.3 is 10.1 Å². The van der Waals surface area contributed by atoms with E-state index in [9.17, 15) is 0 Å². The van der Waals surface area contributed by atoms with E-state index in [1.807, 2.05) is 0 Å². The molecule has 1 N–H and O–H groups in total. The smallest absolute Gasteiger partial charge is 0.0700 e. The predicted octanol–water partition coefficient (Wildman–Crippen LogP) is 1.70. The van der Waals surface area contributed by atoms with Crippen LogP contribution in [-0.2, 0) is 4.74 Å². The van der Waals surface area contributed by atoms with Crippen LogP contribution in [0.5, 0.6) is 0 Å². The quantitative estimate of drug-likeness (QED) is 0.694. The van der Waals surface area contributed by atoms with Gasteiger partial charge in [0.1, 0.15) is 0 Å². The van der Waals surface area contributed by atoms with Crippen molar-refractivity contribution in [1.29, 1.82) is 0 Å². The molecule has 0 amide bonds. The second kappa shape index (κ2) is 4.24. The summed E-state index contributed by atoms with van der Waals surface area (Å²) in [6, 6.07) is 0.800. The summed E-state index contributed by atoms with van der Waals surface area (Å²) in [6.45, 7) is 2.07. The Bertz CT molecular complexity index is 110. The highest BCUT2D eigenvalue weighted by Gasteiger charge is 2.19. The lowest BCUT2D eigenvalue weighted by Crippen LogP contribution is -2.33. The standard InChI is InChI=1S/C10H19NO/c1-2-5-9(4-1)11-8-10-6-3-7-12-10/h9-11H,1-8H2/t10-/m1/s1. The van der Waals surface area contributed by atoms with Crippen LogP contribution in [0.2, 0.25) is 0 Å². The second-order valence-electron chi connectivity index (χ2n) is 4.02. The molecule has 2 fully saturated rings. The molecular formula is C10H19NO. The van der Waals surface area contributed by atoms with Crippen LogP contribution in [0.15, 0.2) is 0 Å². The molecule has 2 heteroatoms. The molecule has 0 bridgehead atoms. The Morgan fingerprint density at radius 1 is 1.08 bits per heavy atom. The first kappa shape index (κ1) is 8.52. The number of nitrogens with one attached hydrogen (secondary N) is 1. The van der Waals surface area contributed by atoms with Crippen LogP contribution in [-0.4, -0.2) is 25.3 Å². The Morgan fingerprint density at radius 3 is 2.58 bits per heavy atom. The molecule has 0 unspecified atom stereocenters. The van der Waals surface area contributed by atoms with Gasteiger partial charge in [0.2, 0.25) is 0 Å². The summed E-state index contributed by atoms with van der Waals surface area (Å²) in [5.41, 5.74) is 0. The molecule has 0 spiro atoms. The van der Waals surface area contributed by atoms with E-state index in [4.69, 9.17) is 4.74 Å². The minimum atomic E-state index is 0.519. The predicted molar refractivity (Wildman–Crippen MR) is 49.2 cm³/mol. The van der Waals surface area contributed by atoms with Gasteiger partial charge >= 0.3 is 0 Å². The Balaban J connectivity index is 1.60. The minimum Gasteiger partial charge on any atom is -0.377 e. The average Bonchev–Trinajstić information content (AvgIpc) is 2.74. The van der Waals surface area contributed by atoms with Crippen LogP contribution in [0.4, 0.5) is 0 Å². The Kier molecular flexibility index (Phi) is 3.01. The van der Waals surface area contributed by atoms with Crippen molar-refractivity contribution in [3.63, 3.8) is 0 Å². The zero-order valence-electron chi connectivity index (χ0n) is 7.72. The first-order valence-corrected chi connectivity index (χ1v) is 5.30. The summed E-state index contributed by atoms with van der Waals surface area (Å²) in [4.78, 5) is 0. The van der Waals surface area contributed by atoms with E-state index in [0.717, 1.165) is 19.2 Å². The van der Waals surface area contributed by atoms with Crippen LogP contribution in [0.25, 0.3) is 0 Å². The molecular weight excluding hydrogens is 150 g/mol. The molecule has 1 atom stereocenters. The van der Waals surface area contributed by atoms with Crippen molar-refractivity contribution in [3.8, 4) is 0 Å². The molecule has 12 heavy (non-hydrogen) atoms. The van der Waals surface area contributed by atoms with E-state index in [-0.39, 0.29) is 0 Å². The molecule has 0 aromatic carbocycles. The number of hydrogen-bond acceptors (Lipinski definition) is 2. The van der Waals surface area contributed by atoms with Gasteiger partial charge in [0.05, 0.1) is 6.10 Å². The molecule has 2 rings (SSSR count). The van der Waals surface area contributed by atoms with E-state index >= 15 is 0 Å². The zero-order valence-corrected chi connectivity index (χ0v) is 7.72. The topological polar surface area (TPSA) is 21.3 Å². The molecule has 1 aliphatic heterocycles. The molecule has 1 aliphatic carbocycles.